The molecule has 0 unspecified atom stereocenters. The lowest BCUT2D eigenvalue weighted by atomic mass is 9.93. The highest BCUT2D eigenvalue weighted by molar-refractivity contribution is 5.95. The highest BCUT2D eigenvalue weighted by atomic mass is 16.5. The van der Waals surface area contributed by atoms with Crippen molar-refractivity contribution in [3.8, 4) is 0 Å². The van der Waals surface area contributed by atoms with Crippen LogP contribution in [0.15, 0.2) is 35.5 Å². The van der Waals surface area contributed by atoms with Crippen LogP contribution in [0.25, 0.3) is 0 Å². The van der Waals surface area contributed by atoms with Crippen molar-refractivity contribution < 1.29 is 14.3 Å². The summed E-state index contributed by atoms with van der Waals surface area (Å²) in [5, 5.41) is 5.44. The molecule has 1 aliphatic heterocycles. The van der Waals surface area contributed by atoms with Gasteiger partial charge in [0.05, 0.1) is 18.2 Å². The summed E-state index contributed by atoms with van der Waals surface area (Å²) in [5.74, 6) is 0.172. The molecule has 1 atom stereocenters. The van der Waals surface area contributed by atoms with Crippen molar-refractivity contribution in [2.24, 2.45) is 5.92 Å². The number of benzene rings is 1. The molecule has 0 spiro atoms. The van der Waals surface area contributed by atoms with E-state index in [0.29, 0.717) is 23.8 Å². The van der Waals surface area contributed by atoms with Crippen molar-refractivity contribution in [3.05, 3.63) is 46.7 Å². The normalized spacial score (nSPS) is 17.8. The molecule has 2 rings (SSSR count). The Kier molecular flexibility index (Phi) is 5.42. The molecule has 0 radical (unpaired) electrons. The summed E-state index contributed by atoms with van der Waals surface area (Å²) in [6.45, 7) is 8.12. The van der Waals surface area contributed by atoms with E-state index in [2.05, 4.69) is 24.5 Å². The van der Waals surface area contributed by atoms with Crippen molar-refractivity contribution in [1.82, 2.24) is 10.6 Å². The minimum atomic E-state index is -0.490. The second-order valence-electron chi connectivity index (χ2n) is 6.13. The van der Waals surface area contributed by atoms with Gasteiger partial charge in [0, 0.05) is 5.70 Å². The molecule has 1 heterocycles. The number of rotatable bonds is 5. The molecule has 1 aromatic carbocycles. The summed E-state index contributed by atoms with van der Waals surface area (Å²) in [4.78, 5) is 24.0. The molecule has 5 heteroatoms. The average molecular weight is 316 g/mol. The van der Waals surface area contributed by atoms with Gasteiger partial charge in [0.25, 0.3) is 0 Å². The molecule has 124 valence electrons. The standard InChI is InChI=1S/C18H24N2O3/c1-5-23-17(21)15-12(4)19-18(22)20-16(15)14-8-6-13(7-9-14)10-11(2)3/h6-9,11,16H,5,10H2,1-4H3,(H2,19,20,22)/t16-/m0/s1. The van der Waals surface area contributed by atoms with Crippen LogP contribution in [0.5, 0.6) is 0 Å². The summed E-state index contributed by atoms with van der Waals surface area (Å²) >= 11 is 0. The van der Waals surface area contributed by atoms with Crippen molar-refractivity contribution >= 4 is 12.0 Å². The van der Waals surface area contributed by atoms with Gasteiger partial charge in [-0.15, -0.1) is 0 Å². The molecule has 0 saturated carbocycles. The smallest absolute Gasteiger partial charge is 0.338 e. The van der Waals surface area contributed by atoms with E-state index in [0.717, 1.165) is 12.0 Å². The maximum atomic E-state index is 12.2. The van der Waals surface area contributed by atoms with Crippen LogP contribution in [0.3, 0.4) is 0 Å². The first-order chi connectivity index (χ1) is 10.9. The Morgan fingerprint density at radius 1 is 1.26 bits per heavy atom. The number of esters is 1. The van der Waals surface area contributed by atoms with Gasteiger partial charge in [-0.1, -0.05) is 38.1 Å². The Bertz CT molecular complexity index is 618. The number of nitrogens with one attached hydrogen (secondary N) is 2. The zero-order valence-electron chi connectivity index (χ0n) is 14.1. The molecule has 2 amide bonds. The third-order valence-corrected chi connectivity index (χ3v) is 3.72. The van der Waals surface area contributed by atoms with Crippen molar-refractivity contribution in [2.45, 2.75) is 40.2 Å². The fourth-order valence-corrected chi connectivity index (χ4v) is 2.74. The van der Waals surface area contributed by atoms with Gasteiger partial charge in [0.15, 0.2) is 0 Å². The largest absolute Gasteiger partial charge is 0.463 e. The van der Waals surface area contributed by atoms with Crippen LogP contribution in [-0.2, 0) is 16.0 Å². The van der Waals surface area contributed by atoms with E-state index in [1.807, 2.05) is 24.3 Å². The fourth-order valence-electron chi connectivity index (χ4n) is 2.74. The Morgan fingerprint density at radius 3 is 2.48 bits per heavy atom. The highest BCUT2D eigenvalue weighted by Gasteiger charge is 2.31. The van der Waals surface area contributed by atoms with E-state index in [1.165, 1.54) is 5.56 Å². The molecule has 0 saturated heterocycles. The van der Waals surface area contributed by atoms with Gasteiger partial charge in [0.1, 0.15) is 0 Å². The molecule has 1 aliphatic rings. The van der Waals surface area contributed by atoms with Gasteiger partial charge in [-0.05, 0) is 37.3 Å². The minimum absolute atomic E-state index is 0.295. The van der Waals surface area contributed by atoms with Gasteiger partial charge < -0.3 is 15.4 Å². The number of urea groups is 1. The maximum Gasteiger partial charge on any atom is 0.338 e. The molecule has 0 aliphatic carbocycles. The number of carbonyl (C=O) groups excluding carboxylic acids is 2. The molecule has 23 heavy (non-hydrogen) atoms. The number of hydrogen-bond donors (Lipinski definition) is 2. The lowest BCUT2D eigenvalue weighted by molar-refractivity contribution is -0.139. The maximum absolute atomic E-state index is 12.2. The predicted octanol–water partition coefficient (Wildman–Crippen LogP) is 3.08. The molecule has 0 aromatic heterocycles. The van der Waals surface area contributed by atoms with Crippen LogP contribution in [-0.4, -0.2) is 18.6 Å². The van der Waals surface area contributed by atoms with E-state index in [1.54, 1.807) is 13.8 Å². The third kappa shape index (κ3) is 4.12. The van der Waals surface area contributed by atoms with Crippen LogP contribution in [0, 0.1) is 5.92 Å². The van der Waals surface area contributed by atoms with Gasteiger partial charge >= 0.3 is 12.0 Å². The van der Waals surface area contributed by atoms with Gasteiger partial charge in [0.2, 0.25) is 0 Å². The third-order valence-electron chi connectivity index (χ3n) is 3.72. The van der Waals surface area contributed by atoms with Crippen molar-refractivity contribution in [2.75, 3.05) is 6.61 Å². The Morgan fingerprint density at radius 2 is 1.91 bits per heavy atom. The van der Waals surface area contributed by atoms with Gasteiger partial charge in [-0.3, -0.25) is 0 Å². The number of amides is 2. The molecular formula is C18H24N2O3. The van der Waals surface area contributed by atoms with Crippen molar-refractivity contribution in [1.29, 1.82) is 0 Å². The summed E-state index contributed by atoms with van der Waals surface area (Å²) in [5.41, 5.74) is 3.09. The van der Waals surface area contributed by atoms with Crippen LogP contribution in [0.2, 0.25) is 0 Å². The van der Waals surface area contributed by atoms with E-state index >= 15 is 0 Å². The lowest BCUT2D eigenvalue weighted by Gasteiger charge is -2.28. The first kappa shape index (κ1) is 17.1. The number of ether oxygens (including phenoxy) is 1. The minimum Gasteiger partial charge on any atom is -0.463 e. The van der Waals surface area contributed by atoms with Gasteiger partial charge in [-0.25, -0.2) is 9.59 Å². The second kappa shape index (κ2) is 7.31. The fraction of sp³-hybridized carbons (Fsp3) is 0.444. The predicted molar refractivity (Wildman–Crippen MR) is 88.7 cm³/mol. The van der Waals surface area contributed by atoms with E-state index in [4.69, 9.17) is 4.74 Å². The summed E-state index contributed by atoms with van der Waals surface area (Å²) in [6.07, 6.45) is 0.998. The quantitative estimate of drug-likeness (QED) is 0.820. The second-order valence-corrected chi connectivity index (χ2v) is 6.13. The van der Waals surface area contributed by atoms with Crippen LogP contribution >= 0.6 is 0 Å². The van der Waals surface area contributed by atoms with Crippen LogP contribution < -0.4 is 10.6 Å². The summed E-state index contributed by atoms with van der Waals surface area (Å²) in [7, 11) is 0. The summed E-state index contributed by atoms with van der Waals surface area (Å²) < 4.78 is 5.13. The lowest BCUT2D eigenvalue weighted by Crippen LogP contribution is -2.45. The number of hydrogen-bond acceptors (Lipinski definition) is 3. The molecule has 5 nitrogen and oxygen atoms in total. The summed E-state index contributed by atoms with van der Waals surface area (Å²) in [6, 6.07) is 7.20. The highest BCUT2D eigenvalue weighted by Crippen LogP contribution is 2.28. The SMILES string of the molecule is CCOC(=O)C1=C(C)NC(=O)N[C@H]1c1ccc(CC(C)C)cc1. The topological polar surface area (TPSA) is 67.4 Å². The Balaban J connectivity index is 2.32. The van der Waals surface area contributed by atoms with E-state index < -0.39 is 12.0 Å². The Labute approximate surface area is 137 Å². The molecule has 0 bridgehead atoms. The van der Waals surface area contributed by atoms with Gasteiger partial charge in [-0.2, -0.15) is 0 Å². The average Bonchev–Trinajstić information content (AvgIpc) is 2.46. The zero-order valence-corrected chi connectivity index (χ0v) is 14.1. The monoisotopic (exact) mass is 316 g/mol. The van der Waals surface area contributed by atoms with Crippen molar-refractivity contribution in [3.63, 3.8) is 0 Å². The molecule has 0 fully saturated rings. The Hall–Kier alpha value is -2.30. The first-order valence-corrected chi connectivity index (χ1v) is 7.96. The van der Waals surface area contributed by atoms with Crippen LogP contribution in [0.4, 0.5) is 4.79 Å². The van der Waals surface area contributed by atoms with E-state index in [-0.39, 0.29) is 6.03 Å². The van der Waals surface area contributed by atoms with E-state index in [9.17, 15) is 9.59 Å². The first-order valence-electron chi connectivity index (χ1n) is 7.96. The molecule has 2 N–H and O–H groups in total. The van der Waals surface area contributed by atoms with Crippen LogP contribution in [0.1, 0.15) is 44.9 Å². The molecular weight excluding hydrogens is 292 g/mol. The number of carbonyl (C=O) groups is 2. The molecule has 1 aromatic rings. The number of allylic oxidation sites excluding steroid dienone is 1. The zero-order chi connectivity index (χ0) is 17.0.